The normalized spacial score (nSPS) is 13.2. The molecule has 1 unspecified atom stereocenters. The van der Waals surface area contributed by atoms with Crippen molar-refractivity contribution in [1.82, 2.24) is 14.4 Å². The van der Waals surface area contributed by atoms with Crippen LogP contribution in [0.3, 0.4) is 0 Å². The highest BCUT2D eigenvalue weighted by atomic mass is 32.4. The van der Waals surface area contributed by atoms with Crippen molar-refractivity contribution in [2.45, 2.75) is 0 Å². The monoisotopic (exact) mass is 735 g/mol. The zero-order chi connectivity index (χ0) is 35.6. The van der Waals surface area contributed by atoms with Crippen molar-refractivity contribution >= 4 is 106 Å². The van der Waals surface area contributed by atoms with E-state index in [1.54, 1.807) is 12.4 Å². The molecule has 53 heavy (non-hydrogen) atoms. The summed E-state index contributed by atoms with van der Waals surface area (Å²) in [7, 11) is -3.28. The largest absolute Gasteiger partial charge is 0.309 e. The van der Waals surface area contributed by atoms with Gasteiger partial charge in [-0.05, 0) is 68.5 Å². The molecule has 0 aliphatic heterocycles. The number of nitrogens with zero attached hydrogens (tertiary/aromatic N) is 3. The van der Waals surface area contributed by atoms with Crippen molar-refractivity contribution in [2.24, 2.45) is 0 Å². The first-order chi connectivity index (χ1) is 26.0. The summed E-state index contributed by atoms with van der Waals surface area (Å²) < 4.78 is 17.7. The molecule has 0 spiro atoms. The lowest BCUT2D eigenvalue weighted by Crippen LogP contribution is -2.25. The second-order valence-electron chi connectivity index (χ2n) is 13.3. The van der Waals surface area contributed by atoms with Crippen molar-refractivity contribution in [2.75, 3.05) is 0 Å². The van der Waals surface area contributed by atoms with Gasteiger partial charge in [0.05, 0.1) is 16.6 Å². The van der Waals surface area contributed by atoms with Gasteiger partial charge in [-0.15, -0.1) is 0 Å². The summed E-state index contributed by atoms with van der Waals surface area (Å²) in [5.41, 5.74) is 3.62. The summed E-state index contributed by atoms with van der Waals surface area (Å²) >= 11 is 6.82. The SMILES string of the molecule is O=P(c1ccccc1)(c1cccnc1)c1ccc2c(c1)nc1c3c4ccccc4ccc3c3ccc(P(=S)(c4ccccc4)c4ccccc4)cc3n21. The lowest BCUT2D eigenvalue weighted by Gasteiger charge is -2.25. The first kappa shape index (κ1) is 32.0. The van der Waals surface area contributed by atoms with E-state index < -0.39 is 13.2 Å². The van der Waals surface area contributed by atoms with Gasteiger partial charge >= 0.3 is 0 Å². The second-order valence-corrected chi connectivity index (χ2v) is 20.5. The van der Waals surface area contributed by atoms with E-state index in [4.69, 9.17) is 16.8 Å². The van der Waals surface area contributed by atoms with Crippen molar-refractivity contribution < 1.29 is 4.57 Å². The summed E-state index contributed by atoms with van der Waals surface area (Å²) in [6.45, 7) is 0. The topological polar surface area (TPSA) is 47.3 Å². The first-order valence-electron chi connectivity index (χ1n) is 17.5. The molecule has 3 aromatic heterocycles. The third-order valence-electron chi connectivity index (χ3n) is 10.4. The van der Waals surface area contributed by atoms with Gasteiger partial charge in [-0.3, -0.25) is 9.38 Å². The molecule has 0 aliphatic rings. The molecule has 0 radical (unpaired) electrons. The van der Waals surface area contributed by atoms with Gasteiger partial charge in [-0.25, -0.2) is 4.98 Å². The van der Waals surface area contributed by atoms with E-state index in [1.807, 2.05) is 66.7 Å². The van der Waals surface area contributed by atoms with Crippen molar-refractivity contribution in [3.05, 3.63) is 188 Å². The summed E-state index contributed by atoms with van der Waals surface area (Å²) in [5.74, 6) is 0. The lowest BCUT2D eigenvalue weighted by atomic mass is 9.99. The molecule has 0 fully saturated rings. The summed E-state index contributed by atoms with van der Waals surface area (Å²) in [4.78, 5) is 9.79. The van der Waals surface area contributed by atoms with Gasteiger partial charge in [0, 0.05) is 45.1 Å². The second kappa shape index (κ2) is 12.5. The number of imidazole rings is 1. The average Bonchev–Trinajstić information content (AvgIpc) is 3.63. The van der Waals surface area contributed by atoms with E-state index in [1.165, 1.54) is 0 Å². The maximum atomic E-state index is 15.4. The Labute approximate surface area is 311 Å². The highest BCUT2D eigenvalue weighted by molar-refractivity contribution is 8.25. The molecular weight excluding hydrogens is 705 g/mol. The van der Waals surface area contributed by atoms with E-state index in [0.29, 0.717) is 5.30 Å². The number of pyridine rings is 2. The Kier molecular flexibility index (Phi) is 7.52. The highest BCUT2D eigenvalue weighted by Gasteiger charge is 2.31. The molecule has 252 valence electrons. The van der Waals surface area contributed by atoms with E-state index >= 15 is 4.57 Å². The van der Waals surface area contributed by atoms with E-state index in [-0.39, 0.29) is 0 Å². The Morgan fingerprint density at radius 2 is 1.11 bits per heavy atom. The summed E-state index contributed by atoms with van der Waals surface area (Å²) in [6, 6.07) is 58.0. The molecule has 0 N–H and O–H groups in total. The number of fused-ring (bicyclic) bond motifs is 10. The molecule has 10 aromatic rings. The fraction of sp³-hybridized carbons (Fsp3) is 0. The van der Waals surface area contributed by atoms with Gasteiger partial charge in [-0.2, -0.15) is 0 Å². The minimum atomic E-state index is -3.28. The Morgan fingerprint density at radius 3 is 1.81 bits per heavy atom. The standard InChI is InChI=1S/C46H31N3OP2S/c50-51(33-14-4-1-5-15-33,38-20-12-28-47-31-38)36-24-27-43-42(29-36)48-46-45-39-21-11-10-13-32(39)22-25-41(45)40-26-23-37(30-44(40)49(43)46)52(53,34-16-6-2-7-17-34)35-18-8-3-9-19-35/h1-31H. The van der Waals surface area contributed by atoms with Crippen molar-refractivity contribution in [3.63, 3.8) is 0 Å². The molecule has 0 saturated carbocycles. The quantitative estimate of drug-likeness (QED) is 0.127. The Bertz CT molecular complexity index is 3030. The van der Waals surface area contributed by atoms with Crippen LogP contribution in [0.15, 0.2) is 188 Å². The van der Waals surface area contributed by atoms with Crippen LogP contribution in [-0.2, 0) is 16.4 Å². The molecule has 10 rings (SSSR count). The Morgan fingerprint density at radius 1 is 0.491 bits per heavy atom. The number of benzene rings is 7. The number of aromatic nitrogens is 3. The fourth-order valence-corrected chi connectivity index (χ4v) is 14.2. The molecule has 4 nitrogen and oxygen atoms in total. The van der Waals surface area contributed by atoms with Crippen LogP contribution in [0.4, 0.5) is 0 Å². The molecule has 0 saturated heterocycles. The van der Waals surface area contributed by atoms with Crippen LogP contribution in [0.1, 0.15) is 0 Å². The van der Waals surface area contributed by atoms with Gasteiger partial charge in [0.1, 0.15) is 5.65 Å². The zero-order valence-electron chi connectivity index (χ0n) is 28.5. The van der Waals surface area contributed by atoms with Gasteiger partial charge in [0.25, 0.3) is 0 Å². The van der Waals surface area contributed by atoms with E-state index in [0.717, 1.165) is 75.7 Å². The smallest absolute Gasteiger partial charge is 0.172 e. The molecule has 0 bridgehead atoms. The predicted octanol–water partition coefficient (Wildman–Crippen LogP) is 8.74. The average molecular weight is 736 g/mol. The minimum absolute atomic E-state index is 0.688. The van der Waals surface area contributed by atoms with Crippen LogP contribution in [0.25, 0.3) is 49.1 Å². The van der Waals surface area contributed by atoms with Crippen molar-refractivity contribution in [1.29, 1.82) is 0 Å². The first-order valence-corrected chi connectivity index (χ1v) is 22.0. The van der Waals surface area contributed by atoms with Crippen molar-refractivity contribution in [3.8, 4) is 0 Å². The molecular formula is C46H31N3OP2S. The zero-order valence-corrected chi connectivity index (χ0v) is 31.1. The van der Waals surface area contributed by atoms with E-state index in [2.05, 4.69) is 119 Å². The summed E-state index contributed by atoms with van der Waals surface area (Å²) in [5, 5.41) is 11.2. The lowest BCUT2D eigenvalue weighted by molar-refractivity contribution is 0.592. The molecule has 7 heteroatoms. The van der Waals surface area contributed by atoms with Gasteiger partial charge in [0.15, 0.2) is 7.14 Å². The predicted molar refractivity (Wildman–Crippen MR) is 228 cm³/mol. The molecule has 0 aliphatic carbocycles. The highest BCUT2D eigenvalue weighted by Crippen LogP contribution is 2.46. The maximum absolute atomic E-state index is 15.4. The third kappa shape index (κ3) is 4.89. The van der Waals surface area contributed by atoms with Crippen LogP contribution >= 0.6 is 13.2 Å². The van der Waals surface area contributed by atoms with Crippen LogP contribution in [-0.4, -0.2) is 14.4 Å². The molecule has 0 amide bonds. The van der Waals surface area contributed by atoms with E-state index in [9.17, 15) is 0 Å². The van der Waals surface area contributed by atoms with Crippen LogP contribution < -0.4 is 31.8 Å². The van der Waals surface area contributed by atoms with Crippen LogP contribution in [0.5, 0.6) is 0 Å². The summed E-state index contributed by atoms with van der Waals surface area (Å²) in [6.07, 6.45) is 3.44. The Balaban J connectivity index is 1.32. The minimum Gasteiger partial charge on any atom is -0.309 e. The van der Waals surface area contributed by atoms with Crippen LogP contribution in [0.2, 0.25) is 0 Å². The van der Waals surface area contributed by atoms with Gasteiger partial charge in [0.2, 0.25) is 0 Å². The number of hydrogen-bond donors (Lipinski definition) is 0. The van der Waals surface area contributed by atoms with Crippen LogP contribution in [0, 0.1) is 0 Å². The Hall–Kier alpha value is -5.70. The molecule has 7 aromatic carbocycles. The maximum Gasteiger partial charge on any atom is 0.172 e. The number of rotatable bonds is 6. The third-order valence-corrected chi connectivity index (χ3v) is 18.4. The number of hydrogen-bond acceptors (Lipinski definition) is 4. The fourth-order valence-electron chi connectivity index (χ4n) is 7.89. The molecule has 1 atom stereocenters. The van der Waals surface area contributed by atoms with Gasteiger partial charge in [-0.1, -0.05) is 151 Å². The van der Waals surface area contributed by atoms with Gasteiger partial charge < -0.3 is 4.57 Å². The molecule has 3 heterocycles.